The molecule has 3 rings (SSSR count). The maximum Gasteiger partial charge on any atom is 0.152 e. The van der Waals surface area contributed by atoms with Crippen LogP contribution in [-0.2, 0) is 0 Å². The normalized spacial score (nSPS) is 15.8. The number of hydrogen-bond acceptors (Lipinski definition) is 1. The van der Waals surface area contributed by atoms with E-state index in [4.69, 9.17) is 0 Å². The van der Waals surface area contributed by atoms with Gasteiger partial charge in [0.1, 0.15) is 11.5 Å². The fraction of sp³-hybridized carbons (Fsp3) is 0.294. The van der Waals surface area contributed by atoms with Crippen molar-refractivity contribution in [3.8, 4) is 0 Å². The minimum Gasteiger partial charge on any atom is -0.373 e. The first-order chi connectivity index (χ1) is 10.0. The number of nitrogens with one attached hydrogen (secondary N) is 1. The Morgan fingerprint density at radius 2 is 1.57 bits per heavy atom. The van der Waals surface area contributed by atoms with Crippen molar-refractivity contribution in [2.45, 2.75) is 25.8 Å². The average Bonchev–Trinajstić information content (AvgIpc) is 3.24. The van der Waals surface area contributed by atoms with E-state index in [1.54, 1.807) is 0 Å². The Balaban J connectivity index is 1.91. The van der Waals surface area contributed by atoms with Crippen molar-refractivity contribution in [2.75, 3.05) is 5.32 Å². The molecule has 0 amide bonds. The number of benzene rings is 2. The molecule has 0 heterocycles. The third kappa shape index (κ3) is 3.04. The summed E-state index contributed by atoms with van der Waals surface area (Å²) in [5.74, 6) is -2.35. The van der Waals surface area contributed by atoms with Gasteiger partial charge in [-0.3, -0.25) is 0 Å². The van der Waals surface area contributed by atoms with E-state index >= 15 is 0 Å². The van der Waals surface area contributed by atoms with Crippen molar-refractivity contribution < 1.29 is 13.2 Å². The fourth-order valence-corrected chi connectivity index (χ4v) is 2.51. The molecule has 1 atom stereocenters. The Morgan fingerprint density at radius 3 is 2.10 bits per heavy atom. The second kappa shape index (κ2) is 5.43. The van der Waals surface area contributed by atoms with Gasteiger partial charge in [0.2, 0.25) is 0 Å². The van der Waals surface area contributed by atoms with Gasteiger partial charge in [0.05, 0.1) is 6.04 Å². The number of hydrogen-bond donors (Lipinski definition) is 1. The predicted octanol–water partition coefficient (Wildman–Crippen LogP) is 4.98. The maximum atomic E-state index is 13.8. The van der Waals surface area contributed by atoms with E-state index in [-0.39, 0.29) is 11.7 Å². The van der Waals surface area contributed by atoms with Crippen LogP contribution in [0.2, 0.25) is 0 Å². The summed E-state index contributed by atoms with van der Waals surface area (Å²) >= 11 is 0. The molecule has 4 heteroatoms. The molecule has 1 aliphatic carbocycles. The standard InChI is InChI=1S/C17H16F3N/c1-10-2-4-11(5-3-10)16(12-6-7-12)21-17-14(19)8-13(18)9-15(17)20/h2-5,8-9,12,16,21H,6-7H2,1H3. The van der Waals surface area contributed by atoms with Gasteiger partial charge in [0.25, 0.3) is 0 Å². The second-order valence-corrected chi connectivity index (χ2v) is 5.61. The van der Waals surface area contributed by atoms with Gasteiger partial charge >= 0.3 is 0 Å². The molecule has 1 nitrogen and oxygen atoms in total. The Bertz CT molecular complexity index is 625. The van der Waals surface area contributed by atoms with E-state index in [0.29, 0.717) is 18.1 Å². The van der Waals surface area contributed by atoms with Crippen LogP contribution >= 0.6 is 0 Å². The molecule has 1 unspecified atom stereocenters. The lowest BCUT2D eigenvalue weighted by Gasteiger charge is -2.21. The molecule has 0 spiro atoms. The molecule has 0 aliphatic heterocycles. The number of aryl methyl sites for hydroxylation is 1. The summed E-state index contributed by atoms with van der Waals surface area (Å²) in [5, 5.41) is 2.92. The number of anilines is 1. The van der Waals surface area contributed by atoms with Gasteiger partial charge < -0.3 is 5.32 Å². The molecule has 0 bridgehead atoms. The molecule has 0 radical (unpaired) electrons. The highest BCUT2D eigenvalue weighted by Crippen LogP contribution is 2.43. The highest BCUT2D eigenvalue weighted by molar-refractivity contribution is 5.49. The molecular formula is C17H16F3N. The molecular weight excluding hydrogens is 275 g/mol. The van der Waals surface area contributed by atoms with E-state index in [2.05, 4.69) is 5.32 Å². The van der Waals surface area contributed by atoms with Gasteiger partial charge in [-0.05, 0) is 31.2 Å². The fourth-order valence-electron chi connectivity index (χ4n) is 2.51. The largest absolute Gasteiger partial charge is 0.373 e. The van der Waals surface area contributed by atoms with Gasteiger partial charge in [0.15, 0.2) is 11.6 Å². The Morgan fingerprint density at radius 1 is 1.00 bits per heavy atom. The number of halogens is 3. The van der Waals surface area contributed by atoms with E-state index in [0.717, 1.165) is 24.0 Å². The van der Waals surface area contributed by atoms with Crippen molar-refractivity contribution in [2.24, 2.45) is 5.92 Å². The molecule has 1 fully saturated rings. The molecule has 2 aromatic rings. The topological polar surface area (TPSA) is 12.0 Å². The monoisotopic (exact) mass is 291 g/mol. The van der Waals surface area contributed by atoms with Gasteiger partial charge in [-0.25, -0.2) is 13.2 Å². The van der Waals surface area contributed by atoms with Crippen LogP contribution in [0.1, 0.15) is 30.0 Å². The number of rotatable bonds is 4. The first-order valence-electron chi connectivity index (χ1n) is 7.02. The van der Waals surface area contributed by atoms with Crippen molar-refractivity contribution in [3.05, 3.63) is 65.0 Å². The first kappa shape index (κ1) is 14.0. The zero-order valence-electron chi connectivity index (χ0n) is 11.7. The van der Waals surface area contributed by atoms with Crippen molar-refractivity contribution in [1.82, 2.24) is 0 Å². The first-order valence-corrected chi connectivity index (χ1v) is 7.02. The van der Waals surface area contributed by atoms with Crippen LogP contribution in [0.3, 0.4) is 0 Å². The van der Waals surface area contributed by atoms with Crippen LogP contribution < -0.4 is 5.32 Å². The Hall–Kier alpha value is -1.97. The van der Waals surface area contributed by atoms with Gasteiger partial charge in [-0.1, -0.05) is 29.8 Å². The van der Waals surface area contributed by atoms with Crippen LogP contribution in [-0.4, -0.2) is 0 Å². The van der Waals surface area contributed by atoms with E-state index < -0.39 is 17.5 Å². The molecule has 0 aromatic heterocycles. The maximum absolute atomic E-state index is 13.8. The summed E-state index contributed by atoms with van der Waals surface area (Å²) in [6.45, 7) is 1.99. The summed E-state index contributed by atoms with van der Waals surface area (Å²) in [6.07, 6.45) is 2.05. The van der Waals surface area contributed by atoms with Gasteiger partial charge in [-0.15, -0.1) is 0 Å². The van der Waals surface area contributed by atoms with Crippen LogP contribution in [0.5, 0.6) is 0 Å². The molecule has 1 N–H and O–H groups in total. The minimum absolute atomic E-state index is 0.153. The molecule has 21 heavy (non-hydrogen) atoms. The second-order valence-electron chi connectivity index (χ2n) is 5.61. The van der Waals surface area contributed by atoms with Gasteiger partial charge in [0, 0.05) is 12.1 Å². The van der Waals surface area contributed by atoms with Gasteiger partial charge in [-0.2, -0.15) is 0 Å². The van der Waals surface area contributed by atoms with Crippen molar-refractivity contribution >= 4 is 5.69 Å². The quantitative estimate of drug-likeness (QED) is 0.838. The molecule has 110 valence electrons. The van der Waals surface area contributed by atoms with E-state index in [1.807, 2.05) is 31.2 Å². The Kier molecular flexibility index (Phi) is 3.62. The van der Waals surface area contributed by atoms with Crippen LogP contribution in [0.15, 0.2) is 36.4 Å². The van der Waals surface area contributed by atoms with Crippen LogP contribution in [0.4, 0.5) is 18.9 Å². The van der Waals surface area contributed by atoms with E-state index in [9.17, 15) is 13.2 Å². The lowest BCUT2D eigenvalue weighted by atomic mass is 10.0. The lowest BCUT2D eigenvalue weighted by molar-refractivity contribution is 0.541. The minimum atomic E-state index is -0.908. The third-order valence-corrected chi connectivity index (χ3v) is 3.84. The summed E-state index contributed by atoms with van der Waals surface area (Å²) in [6, 6.07) is 9.12. The molecule has 1 aliphatic rings. The average molecular weight is 291 g/mol. The molecule has 2 aromatic carbocycles. The smallest absolute Gasteiger partial charge is 0.152 e. The van der Waals surface area contributed by atoms with Crippen molar-refractivity contribution in [1.29, 1.82) is 0 Å². The SMILES string of the molecule is Cc1ccc(C(Nc2c(F)cc(F)cc2F)C2CC2)cc1. The summed E-state index contributed by atoms with van der Waals surface area (Å²) in [7, 11) is 0. The van der Waals surface area contributed by atoms with E-state index in [1.165, 1.54) is 0 Å². The highest BCUT2D eigenvalue weighted by Gasteiger charge is 2.33. The zero-order chi connectivity index (χ0) is 15.0. The Labute approximate surface area is 121 Å². The zero-order valence-corrected chi connectivity index (χ0v) is 11.7. The molecule has 1 saturated carbocycles. The summed E-state index contributed by atoms with van der Waals surface area (Å²) in [4.78, 5) is 0. The highest BCUT2D eigenvalue weighted by atomic mass is 19.1. The van der Waals surface area contributed by atoms with Crippen molar-refractivity contribution in [3.63, 3.8) is 0 Å². The lowest BCUT2D eigenvalue weighted by Crippen LogP contribution is -2.15. The molecule has 0 saturated heterocycles. The summed E-state index contributed by atoms with van der Waals surface area (Å²) < 4.78 is 40.6. The third-order valence-electron chi connectivity index (χ3n) is 3.84. The summed E-state index contributed by atoms with van der Waals surface area (Å²) in [5.41, 5.74) is 1.87. The predicted molar refractivity (Wildman–Crippen MR) is 76.6 cm³/mol. The van der Waals surface area contributed by atoms with Crippen LogP contribution in [0.25, 0.3) is 0 Å². The van der Waals surface area contributed by atoms with Crippen LogP contribution in [0, 0.1) is 30.3 Å².